The summed E-state index contributed by atoms with van der Waals surface area (Å²) >= 11 is 0. The molecule has 0 N–H and O–H groups in total. The summed E-state index contributed by atoms with van der Waals surface area (Å²) in [6, 6.07) is 11.6. The first kappa shape index (κ1) is 23.1. The molecule has 0 spiro atoms. The van der Waals surface area contributed by atoms with Gasteiger partial charge in [0.25, 0.3) is 0 Å². The van der Waals surface area contributed by atoms with E-state index < -0.39 is 10.0 Å². The zero-order valence-electron chi connectivity index (χ0n) is 18.9. The third-order valence-corrected chi connectivity index (χ3v) is 7.81. The van der Waals surface area contributed by atoms with Crippen molar-refractivity contribution in [3.63, 3.8) is 0 Å². The molecule has 168 valence electrons. The fourth-order valence-corrected chi connectivity index (χ4v) is 5.64. The average Bonchev–Trinajstić information content (AvgIpc) is 2.73. The molecule has 31 heavy (non-hydrogen) atoms. The number of nitrogens with zero attached hydrogens (tertiary/aromatic N) is 3. The highest BCUT2D eigenvalue weighted by Crippen LogP contribution is 2.25. The molecule has 2 aromatic rings. The number of amides is 1. The molecule has 2 aromatic carbocycles. The lowest BCUT2D eigenvalue weighted by molar-refractivity contribution is -0.131. The number of anilines is 1. The predicted octanol–water partition coefficient (Wildman–Crippen LogP) is 2.59. The number of aryl methyl sites for hydroxylation is 3. The molecule has 8 heteroatoms. The third kappa shape index (κ3) is 5.02. The van der Waals surface area contributed by atoms with Gasteiger partial charge in [0.15, 0.2) is 0 Å². The maximum atomic E-state index is 13.1. The van der Waals surface area contributed by atoms with Crippen LogP contribution in [0.2, 0.25) is 0 Å². The van der Waals surface area contributed by atoms with Gasteiger partial charge in [0, 0.05) is 38.9 Å². The molecule has 0 atom stereocenters. The predicted molar refractivity (Wildman–Crippen MR) is 122 cm³/mol. The SMILES string of the molecule is COc1ccc(N2CCN(C(=O)CN(C)S(=O)(=O)c3c(C)cc(C)cc3C)CC2)cc1. The van der Waals surface area contributed by atoms with E-state index in [4.69, 9.17) is 4.74 Å². The minimum absolute atomic E-state index is 0.169. The Kier molecular flexibility index (Phi) is 6.91. The summed E-state index contributed by atoms with van der Waals surface area (Å²) in [6.07, 6.45) is 0. The Labute approximate surface area is 185 Å². The second-order valence-corrected chi connectivity index (χ2v) is 10.0. The van der Waals surface area contributed by atoms with Crippen molar-refractivity contribution < 1.29 is 17.9 Å². The van der Waals surface area contributed by atoms with Crippen LogP contribution in [0.1, 0.15) is 16.7 Å². The smallest absolute Gasteiger partial charge is 0.243 e. The van der Waals surface area contributed by atoms with Crippen molar-refractivity contribution in [3.8, 4) is 5.75 Å². The van der Waals surface area contributed by atoms with Crippen LogP contribution < -0.4 is 9.64 Å². The van der Waals surface area contributed by atoms with Crippen LogP contribution in [0, 0.1) is 20.8 Å². The second-order valence-electron chi connectivity index (χ2n) is 8.05. The van der Waals surface area contributed by atoms with Gasteiger partial charge < -0.3 is 14.5 Å². The summed E-state index contributed by atoms with van der Waals surface area (Å²) in [7, 11) is -0.639. The fraction of sp³-hybridized carbons (Fsp3) is 0.435. The molecule has 1 heterocycles. The molecule has 1 fully saturated rings. The van der Waals surface area contributed by atoms with Gasteiger partial charge in [0.1, 0.15) is 5.75 Å². The highest BCUT2D eigenvalue weighted by atomic mass is 32.2. The lowest BCUT2D eigenvalue weighted by atomic mass is 10.1. The van der Waals surface area contributed by atoms with E-state index in [0.29, 0.717) is 37.3 Å². The van der Waals surface area contributed by atoms with Gasteiger partial charge in [-0.3, -0.25) is 4.79 Å². The van der Waals surface area contributed by atoms with Gasteiger partial charge in [-0.05, 0) is 56.2 Å². The van der Waals surface area contributed by atoms with Gasteiger partial charge in [-0.2, -0.15) is 4.31 Å². The molecule has 0 unspecified atom stereocenters. The highest BCUT2D eigenvalue weighted by molar-refractivity contribution is 7.89. The summed E-state index contributed by atoms with van der Waals surface area (Å²) in [4.78, 5) is 17.1. The largest absolute Gasteiger partial charge is 0.497 e. The van der Waals surface area contributed by atoms with Crippen LogP contribution in [-0.4, -0.2) is 70.4 Å². The average molecular weight is 446 g/mol. The quantitative estimate of drug-likeness (QED) is 0.684. The molecule has 3 rings (SSSR count). The summed E-state index contributed by atoms with van der Waals surface area (Å²) < 4.78 is 32.6. The van der Waals surface area contributed by atoms with Gasteiger partial charge in [-0.1, -0.05) is 17.7 Å². The topological polar surface area (TPSA) is 70.2 Å². The number of piperazine rings is 1. The number of likely N-dealkylation sites (N-methyl/N-ethyl adjacent to an activating group) is 1. The molecule has 0 bridgehead atoms. The molecule has 1 aliphatic heterocycles. The van der Waals surface area contributed by atoms with Crippen molar-refractivity contribution in [1.82, 2.24) is 9.21 Å². The molecule has 0 aliphatic carbocycles. The number of benzene rings is 2. The monoisotopic (exact) mass is 445 g/mol. The number of rotatable bonds is 6. The van der Waals surface area contributed by atoms with Crippen LogP contribution in [0.25, 0.3) is 0 Å². The van der Waals surface area contributed by atoms with E-state index in [1.807, 2.05) is 43.3 Å². The van der Waals surface area contributed by atoms with E-state index in [1.54, 1.807) is 25.9 Å². The molecule has 0 radical (unpaired) electrons. The molecule has 1 saturated heterocycles. The van der Waals surface area contributed by atoms with Gasteiger partial charge in [-0.25, -0.2) is 8.42 Å². The summed E-state index contributed by atoms with van der Waals surface area (Å²) in [5.41, 5.74) is 3.50. The number of hydrogen-bond donors (Lipinski definition) is 0. The van der Waals surface area contributed by atoms with E-state index in [-0.39, 0.29) is 17.3 Å². The summed E-state index contributed by atoms with van der Waals surface area (Å²) in [6.45, 7) is 7.87. The maximum absolute atomic E-state index is 13.1. The van der Waals surface area contributed by atoms with Crippen LogP contribution >= 0.6 is 0 Å². The molecule has 0 aromatic heterocycles. The first-order chi connectivity index (χ1) is 14.6. The number of ether oxygens (including phenoxy) is 1. The van der Waals surface area contributed by atoms with Crippen LogP contribution in [0.5, 0.6) is 5.75 Å². The van der Waals surface area contributed by atoms with Crippen molar-refractivity contribution >= 4 is 21.6 Å². The van der Waals surface area contributed by atoms with Gasteiger partial charge in [0.2, 0.25) is 15.9 Å². The van der Waals surface area contributed by atoms with E-state index in [0.717, 1.165) is 21.3 Å². The molecule has 7 nitrogen and oxygen atoms in total. The molecule has 0 saturated carbocycles. The highest BCUT2D eigenvalue weighted by Gasteiger charge is 2.29. The first-order valence-electron chi connectivity index (χ1n) is 10.3. The summed E-state index contributed by atoms with van der Waals surface area (Å²) in [5, 5.41) is 0. The van der Waals surface area contributed by atoms with Gasteiger partial charge in [0.05, 0.1) is 18.6 Å². The number of hydrogen-bond acceptors (Lipinski definition) is 5. The molecule has 1 aliphatic rings. The molecule has 1 amide bonds. The van der Waals surface area contributed by atoms with Gasteiger partial charge in [-0.15, -0.1) is 0 Å². The van der Waals surface area contributed by atoms with Crippen LogP contribution in [0.4, 0.5) is 5.69 Å². The molecular weight excluding hydrogens is 414 g/mol. The standard InChI is InChI=1S/C23H31N3O4S/c1-17-14-18(2)23(19(3)15-17)31(28,29)24(4)16-22(27)26-12-10-25(11-13-26)20-6-8-21(30-5)9-7-20/h6-9,14-15H,10-13,16H2,1-5H3. The number of carbonyl (C=O) groups excluding carboxylic acids is 1. The molecular formula is C23H31N3O4S. The lowest BCUT2D eigenvalue weighted by Gasteiger charge is -2.36. The Bertz CT molecular complexity index is 1020. The Morgan fingerprint density at radius 1 is 1.00 bits per heavy atom. The van der Waals surface area contributed by atoms with E-state index >= 15 is 0 Å². The van der Waals surface area contributed by atoms with Crippen LogP contribution in [0.3, 0.4) is 0 Å². The van der Waals surface area contributed by atoms with Gasteiger partial charge >= 0.3 is 0 Å². The minimum atomic E-state index is -3.75. The first-order valence-corrected chi connectivity index (χ1v) is 11.8. The van der Waals surface area contributed by atoms with Crippen molar-refractivity contribution in [1.29, 1.82) is 0 Å². The fourth-order valence-electron chi connectivity index (χ4n) is 4.11. The Morgan fingerprint density at radius 3 is 2.06 bits per heavy atom. The Hall–Kier alpha value is -2.58. The van der Waals surface area contributed by atoms with E-state index in [9.17, 15) is 13.2 Å². The Morgan fingerprint density at radius 2 is 1.55 bits per heavy atom. The van der Waals surface area contributed by atoms with Crippen LogP contribution in [0.15, 0.2) is 41.3 Å². The maximum Gasteiger partial charge on any atom is 0.243 e. The zero-order valence-corrected chi connectivity index (χ0v) is 19.7. The zero-order chi connectivity index (χ0) is 22.8. The van der Waals surface area contributed by atoms with Crippen LogP contribution in [-0.2, 0) is 14.8 Å². The second kappa shape index (κ2) is 9.28. The van der Waals surface area contributed by atoms with Crippen molar-refractivity contribution in [2.24, 2.45) is 0 Å². The normalized spacial score (nSPS) is 14.8. The van der Waals surface area contributed by atoms with E-state index in [1.165, 1.54) is 7.05 Å². The number of carbonyl (C=O) groups is 1. The minimum Gasteiger partial charge on any atom is -0.497 e. The number of sulfonamides is 1. The third-order valence-electron chi connectivity index (χ3n) is 5.70. The van der Waals surface area contributed by atoms with Crippen molar-refractivity contribution in [2.75, 3.05) is 51.8 Å². The summed E-state index contributed by atoms with van der Waals surface area (Å²) in [5.74, 6) is 0.628. The number of methoxy groups -OCH3 is 1. The lowest BCUT2D eigenvalue weighted by Crippen LogP contribution is -2.51. The Balaban J connectivity index is 1.63. The van der Waals surface area contributed by atoms with E-state index in [2.05, 4.69) is 4.90 Å². The van der Waals surface area contributed by atoms with Crippen molar-refractivity contribution in [2.45, 2.75) is 25.7 Å². The van der Waals surface area contributed by atoms with Crippen molar-refractivity contribution in [3.05, 3.63) is 53.1 Å².